The fourth-order valence-corrected chi connectivity index (χ4v) is 3.77. The zero-order chi connectivity index (χ0) is 17.3. The number of ketones is 1. The zero-order valence-electron chi connectivity index (χ0n) is 13.9. The van der Waals surface area contributed by atoms with E-state index in [0.717, 1.165) is 11.1 Å². The number of rotatable bonds is 4. The molecule has 0 amide bonds. The molecule has 0 N–H and O–H groups in total. The number of esters is 1. The van der Waals surface area contributed by atoms with Gasteiger partial charge in [-0.2, -0.15) is 0 Å². The minimum Gasteiger partial charge on any atom is -0.405 e. The molecule has 1 aliphatic carbocycles. The average molecular weight is 333 g/mol. The van der Waals surface area contributed by atoms with E-state index in [9.17, 15) is 9.59 Å². The molecule has 1 saturated carbocycles. The molecule has 2 aliphatic rings. The van der Waals surface area contributed by atoms with Crippen LogP contribution < -0.4 is 0 Å². The lowest BCUT2D eigenvalue weighted by Crippen LogP contribution is -2.43. The van der Waals surface area contributed by atoms with Crippen molar-refractivity contribution in [3.63, 3.8) is 0 Å². The van der Waals surface area contributed by atoms with Crippen LogP contribution in [0.2, 0.25) is 0 Å². The van der Waals surface area contributed by atoms with E-state index in [1.807, 2.05) is 60.7 Å². The zero-order valence-corrected chi connectivity index (χ0v) is 13.9. The molecule has 1 heterocycles. The van der Waals surface area contributed by atoms with Gasteiger partial charge in [0, 0.05) is 30.7 Å². The highest BCUT2D eigenvalue weighted by Crippen LogP contribution is 2.41. The molecule has 0 radical (unpaired) electrons. The van der Waals surface area contributed by atoms with Gasteiger partial charge in [0.15, 0.2) is 5.54 Å². The van der Waals surface area contributed by atoms with E-state index in [1.165, 1.54) is 0 Å². The fourth-order valence-electron chi connectivity index (χ4n) is 3.77. The van der Waals surface area contributed by atoms with E-state index in [2.05, 4.69) is 0 Å². The van der Waals surface area contributed by atoms with Crippen LogP contribution in [0.25, 0.3) is 0 Å². The van der Waals surface area contributed by atoms with Crippen LogP contribution in [0.5, 0.6) is 0 Å². The van der Waals surface area contributed by atoms with Gasteiger partial charge < -0.3 is 4.74 Å². The number of ether oxygens (including phenoxy) is 1. The summed E-state index contributed by atoms with van der Waals surface area (Å²) in [5.74, 6) is 0.123. The summed E-state index contributed by atoms with van der Waals surface area (Å²) in [5, 5.41) is 0. The maximum atomic E-state index is 12.9. The van der Waals surface area contributed by atoms with Crippen molar-refractivity contribution in [3.8, 4) is 0 Å². The molecule has 0 unspecified atom stereocenters. The van der Waals surface area contributed by atoms with E-state index < -0.39 is 5.54 Å². The molecule has 0 aromatic heterocycles. The van der Waals surface area contributed by atoms with Crippen LogP contribution in [0.1, 0.15) is 30.4 Å². The maximum absolute atomic E-state index is 12.9. The van der Waals surface area contributed by atoms with Crippen LogP contribution in [0.3, 0.4) is 0 Å². The van der Waals surface area contributed by atoms with Crippen molar-refractivity contribution in [2.24, 2.45) is 10.9 Å². The van der Waals surface area contributed by atoms with Gasteiger partial charge in [0.1, 0.15) is 5.78 Å². The number of nitrogens with zero attached hydrogens (tertiary/aromatic N) is 1. The molecule has 0 saturated heterocycles. The van der Waals surface area contributed by atoms with Gasteiger partial charge in [-0.1, -0.05) is 48.5 Å². The summed E-state index contributed by atoms with van der Waals surface area (Å²) < 4.78 is 5.58. The predicted molar refractivity (Wildman–Crippen MR) is 94.3 cm³/mol. The molecule has 4 nitrogen and oxygen atoms in total. The Bertz CT molecular complexity index is 829. The minimum absolute atomic E-state index is 0.103. The van der Waals surface area contributed by atoms with E-state index in [4.69, 9.17) is 9.73 Å². The summed E-state index contributed by atoms with van der Waals surface area (Å²) in [4.78, 5) is 29.6. The number of hydrogen-bond donors (Lipinski definition) is 0. The molecule has 4 heteroatoms. The lowest BCUT2D eigenvalue weighted by Gasteiger charge is -2.28. The van der Waals surface area contributed by atoms with Crippen molar-refractivity contribution < 1.29 is 14.3 Å². The van der Waals surface area contributed by atoms with Gasteiger partial charge in [-0.3, -0.25) is 4.79 Å². The first kappa shape index (κ1) is 15.8. The van der Waals surface area contributed by atoms with Crippen LogP contribution >= 0.6 is 0 Å². The second-order valence-electron chi connectivity index (χ2n) is 6.74. The van der Waals surface area contributed by atoms with Crippen molar-refractivity contribution in [2.75, 3.05) is 0 Å². The smallest absolute Gasteiger partial charge is 0.341 e. The summed E-state index contributed by atoms with van der Waals surface area (Å²) in [6, 6.07) is 19.3. The van der Waals surface area contributed by atoms with Crippen molar-refractivity contribution in [3.05, 3.63) is 71.8 Å². The number of hydrogen-bond acceptors (Lipinski definition) is 4. The Morgan fingerprint density at radius 1 is 1.00 bits per heavy atom. The molecule has 2 atom stereocenters. The van der Waals surface area contributed by atoms with E-state index in [1.54, 1.807) is 0 Å². The molecule has 126 valence electrons. The molecular formula is C21H19NO3. The Kier molecular flexibility index (Phi) is 3.96. The van der Waals surface area contributed by atoms with Gasteiger partial charge in [0.25, 0.3) is 0 Å². The molecule has 4 rings (SSSR count). The third-order valence-electron chi connectivity index (χ3n) is 5.10. The molecule has 0 bridgehead atoms. The number of carbonyl (C=O) groups is 2. The number of cyclic esters (lactones) is 1. The van der Waals surface area contributed by atoms with E-state index in [-0.39, 0.29) is 17.7 Å². The Morgan fingerprint density at radius 2 is 1.68 bits per heavy atom. The summed E-state index contributed by atoms with van der Waals surface area (Å²) in [7, 11) is 0. The van der Waals surface area contributed by atoms with Crippen molar-refractivity contribution in [1.29, 1.82) is 0 Å². The molecule has 2 aromatic carbocycles. The first-order valence-corrected chi connectivity index (χ1v) is 8.60. The Morgan fingerprint density at radius 3 is 2.32 bits per heavy atom. The molecule has 25 heavy (non-hydrogen) atoms. The Hall–Kier alpha value is -2.75. The molecule has 1 aliphatic heterocycles. The summed E-state index contributed by atoms with van der Waals surface area (Å²) in [5.41, 5.74) is 0.811. The SMILES string of the molecule is O=C1CC[C@H]([C@]2(Cc3ccccc3)N=C(c3ccccc3)OC2=O)C1. The number of aliphatic imine (C=N–C) groups is 1. The summed E-state index contributed by atoms with van der Waals surface area (Å²) in [6.45, 7) is 0. The lowest BCUT2D eigenvalue weighted by atomic mass is 9.78. The first-order valence-electron chi connectivity index (χ1n) is 8.60. The van der Waals surface area contributed by atoms with Crippen LogP contribution in [-0.4, -0.2) is 23.2 Å². The van der Waals surface area contributed by atoms with Gasteiger partial charge in [0.2, 0.25) is 5.90 Å². The topological polar surface area (TPSA) is 55.7 Å². The third kappa shape index (κ3) is 2.88. The van der Waals surface area contributed by atoms with Crippen molar-refractivity contribution in [1.82, 2.24) is 0 Å². The highest BCUT2D eigenvalue weighted by molar-refractivity contribution is 6.08. The van der Waals surface area contributed by atoms with E-state index in [0.29, 0.717) is 31.6 Å². The van der Waals surface area contributed by atoms with Crippen LogP contribution in [0.4, 0.5) is 0 Å². The summed E-state index contributed by atoms with van der Waals surface area (Å²) >= 11 is 0. The van der Waals surface area contributed by atoms with E-state index >= 15 is 0 Å². The average Bonchev–Trinajstić information content (AvgIpc) is 3.22. The fraction of sp³-hybridized carbons (Fsp3) is 0.286. The van der Waals surface area contributed by atoms with Gasteiger partial charge in [-0.05, 0) is 24.1 Å². The highest BCUT2D eigenvalue weighted by atomic mass is 16.6. The lowest BCUT2D eigenvalue weighted by molar-refractivity contribution is -0.141. The second-order valence-corrected chi connectivity index (χ2v) is 6.74. The maximum Gasteiger partial charge on any atom is 0.341 e. The number of Topliss-reactive ketones (excluding diaryl/α,β-unsaturated/α-hetero) is 1. The van der Waals surface area contributed by atoms with Crippen LogP contribution in [0.15, 0.2) is 65.7 Å². The third-order valence-corrected chi connectivity index (χ3v) is 5.10. The van der Waals surface area contributed by atoms with Gasteiger partial charge in [-0.15, -0.1) is 0 Å². The first-order chi connectivity index (χ1) is 12.2. The second kappa shape index (κ2) is 6.28. The molecule has 1 fully saturated rings. The van der Waals surface area contributed by atoms with Crippen molar-refractivity contribution in [2.45, 2.75) is 31.2 Å². The Labute approximate surface area is 146 Å². The quantitative estimate of drug-likeness (QED) is 0.806. The minimum atomic E-state index is -1.00. The highest BCUT2D eigenvalue weighted by Gasteiger charge is 2.53. The molecule has 0 spiro atoms. The standard InChI is InChI=1S/C21H19NO3/c23-18-12-11-17(13-18)21(14-15-7-3-1-4-8-15)20(24)25-19(22-21)16-9-5-2-6-10-16/h1-10,17H,11-14H2/t17-,21-/m0/s1. The van der Waals surface area contributed by atoms with Crippen LogP contribution in [-0.2, 0) is 20.7 Å². The number of carbonyl (C=O) groups excluding carboxylic acids is 2. The monoisotopic (exact) mass is 333 g/mol. The molecule has 2 aromatic rings. The van der Waals surface area contributed by atoms with Gasteiger partial charge in [-0.25, -0.2) is 9.79 Å². The number of benzene rings is 2. The van der Waals surface area contributed by atoms with Crippen LogP contribution in [0, 0.1) is 5.92 Å². The predicted octanol–water partition coefficient (Wildman–Crippen LogP) is 3.34. The largest absolute Gasteiger partial charge is 0.405 e. The van der Waals surface area contributed by atoms with Gasteiger partial charge >= 0.3 is 5.97 Å². The van der Waals surface area contributed by atoms with Gasteiger partial charge in [0.05, 0.1) is 0 Å². The normalized spacial score (nSPS) is 25.8. The summed E-state index contributed by atoms with van der Waals surface area (Å²) in [6.07, 6.45) is 2.06. The molecular weight excluding hydrogens is 314 g/mol. The van der Waals surface area contributed by atoms with Crippen molar-refractivity contribution >= 4 is 17.7 Å². The Balaban J connectivity index is 1.76.